The predicted molar refractivity (Wildman–Crippen MR) is 109 cm³/mol. The molecule has 2 N–H and O–H groups in total. The molecule has 0 spiro atoms. The van der Waals surface area contributed by atoms with Gasteiger partial charge in [0, 0.05) is 10.9 Å². The van der Waals surface area contributed by atoms with Crippen molar-refractivity contribution in [2.24, 2.45) is 0 Å². The normalized spacial score (nSPS) is 13.0. The van der Waals surface area contributed by atoms with E-state index in [1.807, 2.05) is 37.3 Å². The van der Waals surface area contributed by atoms with Gasteiger partial charge < -0.3 is 14.8 Å². The van der Waals surface area contributed by atoms with Gasteiger partial charge in [0.1, 0.15) is 0 Å². The van der Waals surface area contributed by atoms with E-state index in [2.05, 4.69) is 15.6 Å². The number of hydrogen-bond donors (Lipinski definition) is 2. The van der Waals surface area contributed by atoms with Crippen LogP contribution in [0.5, 0.6) is 11.5 Å². The van der Waals surface area contributed by atoms with E-state index in [9.17, 15) is 9.59 Å². The molecular weight excluding hydrogens is 390 g/mol. The molecule has 0 saturated heterocycles. The summed E-state index contributed by atoms with van der Waals surface area (Å²) >= 11 is 1.28. The minimum Gasteiger partial charge on any atom is -0.454 e. The summed E-state index contributed by atoms with van der Waals surface area (Å²) in [5, 5.41) is 7.91. The lowest BCUT2D eigenvalue weighted by Crippen LogP contribution is -2.28. The number of nitrogens with one attached hydrogen (secondary N) is 2. The highest BCUT2D eigenvalue weighted by atomic mass is 32.1. The molecule has 1 aliphatic heterocycles. The van der Waals surface area contributed by atoms with Gasteiger partial charge in [0.15, 0.2) is 16.6 Å². The lowest BCUT2D eigenvalue weighted by atomic mass is 10.1. The molecule has 8 heteroatoms. The standard InChI is InChI=1S/C21H19N3O4S/c1-13(14-5-3-2-4-6-14)22-19(25)10-16-11-29-21(23-16)24-20(26)15-7-8-17-18(9-15)28-12-27-17/h2-9,11,13H,10,12H2,1H3,(H,22,25)(H,23,24,26). The van der Waals surface area contributed by atoms with Crippen molar-refractivity contribution >= 4 is 28.3 Å². The molecule has 1 aromatic heterocycles. The maximum absolute atomic E-state index is 12.4. The van der Waals surface area contributed by atoms with Gasteiger partial charge in [-0.3, -0.25) is 14.9 Å². The molecule has 2 aromatic carbocycles. The number of rotatable bonds is 6. The highest BCUT2D eigenvalue weighted by Gasteiger charge is 2.17. The Morgan fingerprint density at radius 3 is 2.76 bits per heavy atom. The smallest absolute Gasteiger partial charge is 0.257 e. The van der Waals surface area contributed by atoms with Crippen molar-refractivity contribution in [3.8, 4) is 11.5 Å². The molecular formula is C21H19N3O4S. The first kappa shape index (κ1) is 18.9. The Kier molecular flexibility index (Phi) is 5.44. The summed E-state index contributed by atoms with van der Waals surface area (Å²) < 4.78 is 10.5. The Balaban J connectivity index is 1.33. The third kappa shape index (κ3) is 4.55. The third-order valence-corrected chi connectivity index (χ3v) is 5.23. The molecule has 1 unspecified atom stereocenters. The van der Waals surface area contributed by atoms with Gasteiger partial charge in [-0.2, -0.15) is 0 Å². The molecule has 0 radical (unpaired) electrons. The van der Waals surface area contributed by atoms with Crippen molar-refractivity contribution in [1.29, 1.82) is 0 Å². The fourth-order valence-electron chi connectivity index (χ4n) is 2.93. The van der Waals surface area contributed by atoms with E-state index in [0.717, 1.165) is 5.56 Å². The van der Waals surface area contributed by atoms with Crippen molar-refractivity contribution in [3.05, 3.63) is 70.7 Å². The molecule has 0 aliphatic carbocycles. The summed E-state index contributed by atoms with van der Waals surface area (Å²) in [5.41, 5.74) is 2.09. The lowest BCUT2D eigenvalue weighted by molar-refractivity contribution is -0.121. The van der Waals surface area contributed by atoms with Crippen molar-refractivity contribution in [3.63, 3.8) is 0 Å². The first-order chi connectivity index (χ1) is 14.1. The van der Waals surface area contributed by atoms with Crippen LogP contribution in [0.15, 0.2) is 53.9 Å². The second-order valence-electron chi connectivity index (χ2n) is 6.54. The number of nitrogens with zero attached hydrogens (tertiary/aromatic N) is 1. The first-order valence-corrected chi connectivity index (χ1v) is 9.96. The van der Waals surface area contributed by atoms with Crippen LogP contribution in [-0.4, -0.2) is 23.6 Å². The number of thiazole rings is 1. The molecule has 0 fully saturated rings. The summed E-state index contributed by atoms with van der Waals surface area (Å²) in [6.07, 6.45) is 0.146. The van der Waals surface area contributed by atoms with Gasteiger partial charge in [-0.1, -0.05) is 30.3 Å². The first-order valence-electron chi connectivity index (χ1n) is 9.08. The zero-order valence-corrected chi connectivity index (χ0v) is 16.5. The topological polar surface area (TPSA) is 89.6 Å². The number of amides is 2. The van der Waals surface area contributed by atoms with Crippen molar-refractivity contribution in [2.45, 2.75) is 19.4 Å². The van der Waals surface area contributed by atoms with E-state index < -0.39 is 0 Å². The van der Waals surface area contributed by atoms with Gasteiger partial charge in [-0.15, -0.1) is 11.3 Å². The van der Waals surface area contributed by atoms with Crippen molar-refractivity contribution in [1.82, 2.24) is 10.3 Å². The van der Waals surface area contributed by atoms with Crippen LogP contribution < -0.4 is 20.1 Å². The number of ether oxygens (including phenoxy) is 2. The monoisotopic (exact) mass is 409 g/mol. The number of benzene rings is 2. The third-order valence-electron chi connectivity index (χ3n) is 4.43. The Morgan fingerprint density at radius 1 is 1.14 bits per heavy atom. The van der Waals surface area contributed by atoms with Crippen LogP contribution in [0.25, 0.3) is 0 Å². The van der Waals surface area contributed by atoms with Gasteiger partial charge in [-0.05, 0) is 30.7 Å². The molecule has 29 heavy (non-hydrogen) atoms. The van der Waals surface area contributed by atoms with E-state index in [-0.39, 0.29) is 31.1 Å². The number of fused-ring (bicyclic) bond motifs is 1. The minimum absolute atomic E-state index is 0.0903. The predicted octanol–water partition coefficient (Wildman–Crippen LogP) is 3.54. The van der Waals surface area contributed by atoms with Gasteiger partial charge >= 0.3 is 0 Å². The number of anilines is 1. The molecule has 148 valence electrons. The van der Waals surface area contributed by atoms with Crippen LogP contribution in [-0.2, 0) is 11.2 Å². The molecule has 1 atom stereocenters. The minimum atomic E-state index is -0.300. The Labute approximate surface area is 171 Å². The summed E-state index contributed by atoms with van der Waals surface area (Å²) in [5.74, 6) is 0.738. The highest BCUT2D eigenvalue weighted by Crippen LogP contribution is 2.32. The average molecular weight is 409 g/mol. The fraction of sp³-hybridized carbons (Fsp3) is 0.190. The molecule has 3 aromatic rings. The fourth-order valence-corrected chi connectivity index (χ4v) is 3.64. The maximum atomic E-state index is 12.4. The molecule has 1 aliphatic rings. The summed E-state index contributed by atoms with van der Waals surface area (Å²) in [6.45, 7) is 2.09. The van der Waals surface area contributed by atoms with Gasteiger partial charge in [0.2, 0.25) is 12.7 Å². The van der Waals surface area contributed by atoms with E-state index in [1.165, 1.54) is 11.3 Å². The van der Waals surface area contributed by atoms with Crippen LogP contribution in [0.4, 0.5) is 5.13 Å². The molecule has 0 bridgehead atoms. The van der Waals surface area contributed by atoms with E-state index in [0.29, 0.717) is 27.9 Å². The second kappa shape index (κ2) is 8.32. The number of hydrogen-bond acceptors (Lipinski definition) is 6. The molecule has 0 saturated carbocycles. The van der Waals surface area contributed by atoms with Gasteiger partial charge in [0.05, 0.1) is 18.2 Å². The van der Waals surface area contributed by atoms with Crippen LogP contribution in [0, 0.1) is 0 Å². The molecule has 4 rings (SSSR count). The number of carbonyl (C=O) groups excluding carboxylic acids is 2. The van der Waals surface area contributed by atoms with Crippen molar-refractivity contribution < 1.29 is 19.1 Å². The molecule has 7 nitrogen and oxygen atoms in total. The SMILES string of the molecule is CC(NC(=O)Cc1csc(NC(=O)c2ccc3c(c2)OCO3)n1)c1ccccc1. The van der Waals surface area contributed by atoms with Crippen LogP contribution >= 0.6 is 11.3 Å². The summed E-state index contributed by atoms with van der Waals surface area (Å²) in [6, 6.07) is 14.7. The Morgan fingerprint density at radius 2 is 1.93 bits per heavy atom. The molecule has 2 heterocycles. The quantitative estimate of drug-likeness (QED) is 0.650. The highest BCUT2D eigenvalue weighted by molar-refractivity contribution is 7.14. The second-order valence-corrected chi connectivity index (χ2v) is 7.40. The number of aromatic nitrogens is 1. The number of carbonyl (C=O) groups is 2. The summed E-state index contributed by atoms with van der Waals surface area (Å²) in [7, 11) is 0. The van der Waals surface area contributed by atoms with Crippen LogP contribution in [0.3, 0.4) is 0 Å². The van der Waals surface area contributed by atoms with Crippen molar-refractivity contribution in [2.75, 3.05) is 12.1 Å². The lowest BCUT2D eigenvalue weighted by Gasteiger charge is -2.13. The maximum Gasteiger partial charge on any atom is 0.257 e. The van der Waals surface area contributed by atoms with E-state index in [1.54, 1.807) is 23.6 Å². The van der Waals surface area contributed by atoms with Gasteiger partial charge in [0.25, 0.3) is 5.91 Å². The van der Waals surface area contributed by atoms with Crippen LogP contribution in [0.1, 0.15) is 34.6 Å². The largest absolute Gasteiger partial charge is 0.454 e. The van der Waals surface area contributed by atoms with Gasteiger partial charge in [-0.25, -0.2) is 4.98 Å². The summed E-state index contributed by atoms with van der Waals surface area (Å²) in [4.78, 5) is 29.1. The van der Waals surface area contributed by atoms with E-state index in [4.69, 9.17) is 9.47 Å². The van der Waals surface area contributed by atoms with Crippen LogP contribution in [0.2, 0.25) is 0 Å². The Bertz CT molecular complexity index is 1040. The van der Waals surface area contributed by atoms with E-state index >= 15 is 0 Å². The zero-order chi connectivity index (χ0) is 20.2. The Hall–Kier alpha value is -3.39. The molecule has 2 amide bonds. The zero-order valence-electron chi connectivity index (χ0n) is 15.7. The average Bonchev–Trinajstić information content (AvgIpc) is 3.37.